The molecular weight excluding hydrogens is 1290 g/mol. The molecule has 12 rings (SSSR count). The van der Waals surface area contributed by atoms with Gasteiger partial charge in [-0.15, -0.1) is 45.3 Å². The van der Waals surface area contributed by atoms with Crippen LogP contribution in [0.3, 0.4) is 0 Å². The fraction of sp³-hybridized carbons (Fsp3) is 0.194. The number of benzene rings is 8. The zero-order valence-electron chi connectivity index (χ0n) is 51.7. The predicted molar refractivity (Wildman–Crippen MR) is 368 cm³/mol. The van der Waals surface area contributed by atoms with Crippen LogP contribution in [0.15, 0.2) is 146 Å². The Morgan fingerprint density at radius 2 is 0.819 bits per heavy atom. The second-order valence-corrected chi connectivity index (χ2v) is 24.0. The second kappa shape index (κ2) is 32.6. The first-order valence-corrected chi connectivity index (χ1v) is 32.1. The molecule has 94 heavy (non-hydrogen) atoms. The number of amides is 2. The van der Waals surface area contributed by atoms with E-state index in [4.69, 9.17) is 28.4 Å². The highest BCUT2D eigenvalue weighted by molar-refractivity contribution is 7.22. The number of anilines is 4. The number of carbonyl (C=O) groups is 2. The number of ether oxygens (including phenoxy) is 6. The number of nitro benzene ring substituents is 1. The number of nitrogens with zero attached hydrogens (tertiary/aromatic N) is 7. The van der Waals surface area contributed by atoms with Crippen LogP contribution in [0.2, 0.25) is 0 Å². The first kappa shape index (κ1) is 68.5. The van der Waals surface area contributed by atoms with Crippen LogP contribution in [0.5, 0.6) is 23.0 Å². The first-order chi connectivity index (χ1) is 45.5. The van der Waals surface area contributed by atoms with Gasteiger partial charge in [0.2, 0.25) is 12.8 Å². The summed E-state index contributed by atoms with van der Waals surface area (Å²) < 4.78 is 77.6. The van der Waals surface area contributed by atoms with Crippen molar-refractivity contribution >= 4 is 127 Å². The van der Waals surface area contributed by atoms with E-state index in [0.29, 0.717) is 76.7 Å². The zero-order valence-corrected chi connectivity index (χ0v) is 54.9. The Morgan fingerprint density at radius 3 is 1.17 bits per heavy atom. The number of hydrogen-bond acceptors (Lipinski definition) is 21. The molecule has 0 saturated carbocycles. The molecular formula is C67H62F3N9O11S4. The van der Waals surface area contributed by atoms with Gasteiger partial charge in [0.05, 0.1) is 62.9 Å². The van der Waals surface area contributed by atoms with E-state index in [2.05, 4.69) is 30.6 Å². The molecule has 486 valence electrons. The number of thiazole rings is 4. The van der Waals surface area contributed by atoms with Gasteiger partial charge >= 0.3 is 0 Å². The predicted octanol–water partition coefficient (Wildman–Crippen LogP) is 16.3. The second-order valence-electron chi connectivity index (χ2n) is 19.8. The molecule has 8 aromatic carbocycles. The van der Waals surface area contributed by atoms with Gasteiger partial charge < -0.3 is 54.0 Å². The maximum atomic E-state index is 14.2. The molecule has 0 unspecified atom stereocenters. The van der Waals surface area contributed by atoms with Gasteiger partial charge in [-0.25, -0.2) is 33.1 Å². The Kier molecular flexibility index (Phi) is 23.8. The Balaban J connectivity index is 0.000000149. The average Bonchev–Trinajstić information content (AvgIpc) is 1.67. The minimum atomic E-state index is -0.508. The van der Waals surface area contributed by atoms with Crippen molar-refractivity contribution in [2.75, 3.05) is 88.8 Å². The lowest BCUT2D eigenvalue weighted by Crippen LogP contribution is -2.15. The molecule has 0 radical (unpaired) electrons. The summed E-state index contributed by atoms with van der Waals surface area (Å²) in [6.07, 6.45) is 1.10. The molecule has 2 amide bonds. The van der Waals surface area contributed by atoms with Crippen LogP contribution >= 0.6 is 45.3 Å². The van der Waals surface area contributed by atoms with Crippen molar-refractivity contribution in [2.45, 2.75) is 20.8 Å². The lowest BCUT2D eigenvalue weighted by Gasteiger charge is -2.11. The molecule has 0 aliphatic rings. The molecule has 12 aromatic rings. The third-order valence-corrected chi connectivity index (χ3v) is 17.9. The minimum absolute atomic E-state index is 0.151. The molecule has 0 bridgehead atoms. The van der Waals surface area contributed by atoms with E-state index in [0.717, 1.165) is 67.8 Å². The standard InChI is InChI=1S/C18H17FN2O3S.C18H17N3O5S.C17H17FN2O2S.C14H11FN2OS/c1-3-23-11-24-13-5-6-15-17(9-13)25-18(20-15)12-4-7-16(14(19)8-12)21(2)10-22;1-3-25-11-26-13-5-6-14-17(9-13)27-18(19-14)12-4-7-15(20(2)10-22)16(8-12)21(23)24;1-3-21-10-22-12-5-7-15-16(9-12)23-17(20-15)11-4-6-14(19-2)13(18)8-11;1-16-11-4-2-8(6-10(11)15)14-17-12-5-3-9(18)7-13(12)19-14/h4-10H,3,11H2,1-2H3;4-10H,3,11H2,1-2H3;4-9,19H,3,10H2,1-2H3;2-7,16,18H,1H3/i19-1;;18-1;15-1. The third-order valence-electron chi connectivity index (χ3n) is 13.7. The van der Waals surface area contributed by atoms with Crippen LogP contribution in [-0.2, 0) is 23.8 Å². The molecule has 0 atom stereocenters. The summed E-state index contributed by atoms with van der Waals surface area (Å²) in [6.45, 7) is 8.08. The topological polar surface area (TPSA) is 235 Å². The van der Waals surface area contributed by atoms with Gasteiger partial charge in [0.1, 0.15) is 66.2 Å². The molecule has 3 N–H and O–H groups in total. The first-order valence-electron chi connectivity index (χ1n) is 28.9. The molecule has 4 heterocycles. The van der Waals surface area contributed by atoms with Crippen molar-refractivity contribution < 1.29 is 61.2 Å². The van der Waals surface area contributed by atoms with Crippen LogP contribution in [0, 0.1) is 27.6 Å². The number of aromatic nitrogens is 4. The number of aromatic hydroxyl groups is 1. The highest BCUT2D eigenvalue weighted by Gasteiger charge is 2.21. The van der Waals surface area contributed by atoms with Crippen LogP contribution in [0.25, 0.3) is 83.2 Å². The smallest absolute Gasteiger partial charge is 0.293 e. The molecule has 20 nitrogen and oxygen atoms in total. The van der Waals surface area contributed by atoms with E-state index in [1.165, 1.54) is 93.5 Å². The molecule has 27 heteroatoms. The normalized spacial score (nSPS) is 10.8. The Hall–Kier alpha value is -9.87. The van der Waals surface area contributed by atoms with Crippen molar-refractivity contribution in [2.24, 2.45) is 0 Å². The monoisotopic (exact) mass is 1350 g/mol. The molecule has 4 aromatic heterocycles. The van der Waals surface area contributed by atoms with Crippen molar-refractivity contribution in [3.8, 4) is 65.3 Å². The van der Waals surface area contributed by atoms with Gasteiger partial charge in [-0.05, 0) is 160 Å². The van der Waals surface area contributed by atoms with E-state index >= 15 is 0 Å². The fourth-order valence-corrected chi connectivity index (χ4v) is 12.8. The Labute approximate surface area is 553 Å². The summed E-state index contributed by atoms with van der Waals surface area (Å²) in [4.78, 5) is 53.1. The van der Waals surface area contributed by atoms with Gasteiger partial charge in [-0.3, -0.25) is 19.7 Å². The SMILES string of the molecule is CCOCOc1ccc2nc(-c3ccc(N(C)C=O)c([18F])c3)sc2c1.CCOCOc1ccc2nc(-c3ccc(N(C)C=O)c([N+](=O)[O-])c3)sc2c1.CCOCOc1ccc2nc(-c3ccc(NC)c([18F])c3)sc2c1.CNc1ccc(-c2nc3ccc(O)cc3s2)cc1[18F]. The molecule has 0 saturated heterocycles. The Bertz CT molecular complexity index is 4610. The van der Waals surface area contributed by atoms with E-state index in [9.17, 15) is 38.0 Å². The van der Waals surface area contributed by atoms with E-state index in [1.54, 1.807) is 74.8 Å². The van der Waals surface area contributed by atoms with Crippen LogP contribution < -0.4 is 34.6 Å². The highest BCUT2D eigenvalue weighted by Crippen LogP contribution is 2.39. The maximum Gasteiger partial charge on any atom is 0.293 e. The number of fused-ring (bicyclic) bond motifs is 4. The summed E-state index contributed by atoms with van der Waals surface area (Å²) in [5.74, 6) is 1.25. The van der Waals surface area contributed by atoms with Gasteiger partial charge in [0.15, 0.2) is 20.4 Å². The number of phenols is 1. The lowest BCUT2D eigenvalue weighted by atomic mass is 10.1. The largest absolute Gasteiger partial charge is 0.508 e. The quantitative estimate of drug-likeness (QED) is 0.0177. The number of nitrogens with one attached hydrogen (secondary N) is 2. The van der Waals surface area contributed by atoms with Crippen molar-refractivity contribution in [3.63, 3.8) is 0 Å². The number of hydrogen-bond donors (Lipinski definition) is 3. The van der Waals surface area contributed by atoms with E-state index in [-0.39, 0.29) is 54.8 Å². The van der Waals surface area contributed by atoms with Crippen molar-refractivity contribution in [3.05, 3.63) is 173 Å². The van der Waals surface area contributed by atoms with Crippen molar-refractivity contribution in [1.82, 2.24) is 19.9 Å². The van der Waals surface area contributed by atoms with Crippen LogP contribution in [0.1, 0.15) is 20.8 Å². The summed E-state index contributed by atoms with van der Waals surface area (Å²) in [7, 11) is 6.35. The summed E-state index contributed by atoms with van der Waals surface area (Å²) in [5, 5.41) is 29.3. The number of halogens is 3. The number of phenolic OH excluding ortho intramolecular Hbond substituents is 1. The molecule has 0 spiro atoms. The summed E-state index contributed by atoms with van der Waals surface area (Å²) in [6, 6.07) is 41.2. The van der Waals surface area contributed by atoms with E-state index < -0.39 is 10.7 Å². The fourth-order valence-electron chi connectivity index (χ4n) is 8.81. The number of rotatable bonds is 23. The minimum Gasteiger partial charge on any atom is -0.508 e. The average molecular weight is 1350 g/mol. The third kappa shape index (κ3) is 17.2. The highest BCUT2D eigenvalue weighted by atomic mass is 32.1. The van der Waals surface area contributed by atoms with Crippen LogP contribution in [0.4, 0.5) is 41.6 Å². The van der Waals surface area contributed by atoms with E-state index in [1.807, 2.05) is 81.4 Å². The summed E-state index contributed by atoms with van der Waals surface area (Å²) in [5.41, 5.74) is 7.28. The molecule has 0 aliphatic carbocycles. The molecule has 0 aliphatic heterocycles. The summed E-state index contributed by atoms with van der Waals surface area (Å²) >= 11 is 5.79. The van der Waals surface area contributed by atoms with Gasteiger partial charge in [0, 0.05) is 76.3 Å². The van der Waals surface area contributed by atoms with Crippen LogP contribution in [-0.4, -0.2) is 111 Å². The Morgan fingerprint density at radius 1 is 0.479 bits per heavy atom. The maximum absolute atomic E-state index is 14.2. The van der Waals surface area contributed by atoms with Gasteiger partial charge in [0.25, 0.3) is 5.69 Å². The number of carbonyl (C=O) groups excluding carboxylic acids is 2. The lowest BCUT2D eigenvalue weighted by molar-refractivity contribution is -0.384. The van der Waals surface area contributed by atoms with Gasteiger partial charge in [-0.1, -0.05) is 0 Å². The van der Waals surface area contributed by atoms with Gasteiger partial charge in [-0.2, -0.15) is 0 Å². The molecule has 0 fully saturated rings. The number of nitro groups is 1. The van der Waals surface area contributed by atoms with Crippen molar-refractivity contribution in [1.29, 1.82) is 0 Å². The zero-order chi connectivity index (χ0) is 66.8.